The van der Waals surface area contributed by atoms with Crippen LogP contribution in [0.2, 0.25) is 0 Å². The Hall–Kier alpha value is -2.47. The first-order valence-electron chi connectivity index (χ1n) is 9.38. The normalized spacial score (nSPS) is 24.2. The molecule has 5 nitrogen and oxygen atoms in total. The number of hydrogen-bond acceptors (Lipinski definition) is 5. The number of ether oxygens (including phenoxy) is 2. The number of hydrogen-bond donors (Lipinski definition) is 2. The summed E-state index contributed by atoms with van der Waals surface area (Å²) in [6, 6.07) is 11.7. The van der Waals surface area contributed by atoms with Crippen molar-refractivity contribution in [3.63, 3.8) is 0 Å². The molecule has 0 bridgehead atoms. The first-order chi connectivity index (χ1) is 13.4. The molecule has 0 amide bonds. The molecule has 0 fully saturated rings. The molecule has 1 aliphatic carbocycles. The minimum absolute atomic E-state index is 0.175. The Morgan fingerprint density at radius 3 is 2.61 bits per heavy atom. The molecule has 0 saturated carbocycles. The van der Waals surface area contributed by atoms with Crippen LogP contribution in [-0.4, -0.2) is 12.6 Å². The van der Waals surface area contributed by atoms with Crippen molar-refractivity contribution in [2.24, 2.45) is 11.3 Å². The van der Waals surface area contributed by atoms with Crippen LogP contribution in [0, 0.1) is 11.3 Å². The number of carbonyl (C=O) groups is 1. The minimum atomic E-state index is -0.308. The van der Waals surface area contributed by atoms with Gasteiger partial charge in [0.2, 0.25) is 6.79 Å². The number of ketones is 1. The van der Waals surface area contributed by atoms with Crippen LogP contribution in [0.3, 0.4) is 0 Å². The highest BCUT2D eigenvalue weighted by Crippen LogP contribution is 2.48. The van der Waals surface area contributed by atoms with Crippen LogP contribution >= 0.6 is 15.9 Å². The maximum atomic E-state index is 13.3. The molecule has 6 heteroatoms. The minimum Gasteiger partial charge on any atom is -0.454 e. The number of allylic oxidation sites excluding steroid dienone is 1. The number of benzene rings is 2. The summed E-state index contributed by atoms with van der Waals surface area (Å²) in [6.45, 7) is 4.42. The van der Waals surface area contributed by atoms with Crippen molar-refractivity contribution in [3.05, 3.63) is 58.2 Å². The average molecular weight is 441 g/mol. The van der Waals surface area contributed by atoms with E-state index < -0.39 is 0 Å². The quantitative estimate of drug-likeness (QED) is 0.633. The van der Waals surface area contributed by atoms with Crippen molar-refractivity contribution in [2.75, 3.05) is 17.4 Å². The van der Waals surface area contributed by atoms with Gasteiger partial charge in [0.1, 0.15) is 5.78 Å². The summed E-state index contributed by atoms with van der Waals surface area (Å²) in [4.78, 5) is 13.3. The standard InChI is InChI=1S/C22H21BrN2O3/c1-22(2)9-16-20(17(26)10-22)21(25-15-6-4-3-5-14(15)24-16)12-7-18-19(8-13(12)23)28-11-27-18/h3-9,20-21,24-25H,10-11H2,1-2H3. The topological polar surface area (TPSA) is 59.6 Å². The first kappa shape index (κ1) is 17.6. The van der Waals surface area contributed by atoms with E-state index in [2.05, 4.69) is 46.5 Å². The molecule has 0 aromatic heterocycles. The molecule has 5 rings (SSSR count). The van der Waals surface area contributed by atoms with Crippen LogP contribution in [0.1, 0.15) is 31.9 Å². The van der Waals surface area contributed by atoms with E-state index in [0.717, 1.165) is 32.9 Å². The molecule has 2 aromatic carbocycles. The smallest absolute Gasteiger partial charge is 0.231 e. The number of Topliss-reactive ketones (excluding diaryl/α,β-unsaturated/α-hetero) is 1. The number of carbonyl (C=O) groups excluding carboxylic acids is 1. The van der Waals surface area contributed by atoms with E-state index in [1.807, 2.05) is 36.4 Å². The second-order valence-electron chi connectivity index (χ2n) is 8.23. The van der Waals surface area contributed by atoms with Crippen LogP contribution in [-0.2, 0) is 4.79 Å². The van der Waals surface area contributed by atoms with E-state index in [1.165, 1.54) is 0 Å². The van der Waals surface area contributed by atoms with Gasteiger partial charge in [-0.25, -0.2) is 0 Å². The van der Waals surface area contributed by atoms with E-state index in [0.29, 0.717) is 12.2 Å². The van der Waals surface area contributed by atoms with Crippen molar-refractivity contribution < 1.29 is 14.3 Å². The maximum Gasteiger partial charge on any atom is 0.231 e. The molecule has 2 heterocycles. The van der Waals surface area contributed by atoms with Gasteiger partial charge < -0.3 is 20.1 Å². The summed E-state index contributed by atoms with van der Waals surface area (Å²) in [6.07, 6.45) is 2.72. The van der Waals surface area contributed by atoms with Crippen molar-refractivity contribution >= 4 is 33.1 Å². The molecule has 2 aliphatic heterocycles. The first-order valence-corrected chi connectivity index (χ1v) is 10.2. The molecule has 2 N–H and O–H groups in total. The van der Waals surface area contributed by atoms with E-state index in [1.54, 1.807) is 0 Å². The van der Waals surface area contributed by atoms with Gasteiger partial charge in [-0.1, -0.05) is 48.0 Å². The van der Waals surface area contributed by atoms with Crippen molar-refractivity contribution in [1.29, 1.82) is 0 Å². The van der Waals surface area contributed by atoms with Gasteiger partial charge >= 0.3 is 0 Å². The van der Waals surface area contributed by atoms with Gasteiger partial charge in [-0.15, -0.1) is 0 Å². The molecular weight excluding hydrogens is 420 g/mol. The lowest BCUT2D eigenvalue weighted by Crippen LogP contribution is -2.36. The Bertz CT molecular complexity index is 1010. The predicted molar refractivity (Wildman–Crippen MR) is 112 cm³/mol. The average Bonchev–Trinajstić information content (AvgIpc) is 3.00. The summed E-state index contributed by atoms with van der Waals surface area (Å²) in [7, 11) is 0. The second kappa shape index (κ2) is 6.27. The summed E-state index contributed by atoms with van der Waals surface area (Å²) in [5.74, 6) is 1.34. The molecule has 2 aromatic rings. The van der Waals surface area contributed by atoms with Crippen LogP contribution in [0.15, 0.2) is 52.6 Å². The summed E-state index contributed by atoms with van der Waals surface area (Å²) >= 11 is 3.68. The highest BCUT2D eigenvalue weighted by atomic mass is 79.9. The van der Waals surface area contributed by atoms with Crippen LogP contribution in [0.4, 0.5) is 11.4 Å². The van der Waals surface area contributed by atoms with Gasteiger partial charge in [-0.3, -0.25) is 4.79 Å². The third-order valence-corrected chi connectivity index (χ3v) is 6.22. The van der Waals surface area contributed by atoms with Crippen LogP contribution in [0.25, 0.3) is 0 Å². The number of fused-ring (bicyclic) bond motifs is 3. The molecule has 144 valence electrons. The Balaban J connectivity index is 1.69. The van der Waals surface area contributed by atoms with E-state index in [-0.39, 0.29) is 30.0 Å². The van der Waals surface area contributed by atoms with Crippen LogP contribution in [0.5, 0.6) is 11.5 Å². The monoisotopic (exact) mass is 440 g/mol. The molecule has 0 saturated heterocycles. The van der Waals surface area contributed by atoms with Gasteiger partial charge in [0.15, 0.2) is 11.5 Å². The highest BCUT2D eigenvalue weighted by molar-refractivity contribution is 9.10. The molecule has 2 unspecified atom stereocenters. The largest absolute Gasteiger partial charge is 0.454 e. The number of anilines is 2. The Morgan fingerprint density at radius 2 is 1.82 bits per heavy atom. The molecule has 0 spiro atoms. The van der Waals surface area contributed by atoms with Gasteiger partial charge in [0.05, 0.1) is 23.3 Å². The SMILES string of the molecule is CC1(C)C=C2Nc3ccccc3NC(c3cc4c(cc3Br)OCO4)C2C(=O)C1. The summed E-state index contributed by atoms with van der Waals surface area (Å²) in [5.41, 5.74) is 3.70. The van der Waals surface area contributed by atoms with Crippen LogP contribution < -0.4 is 20.1 Å². The van der Waals surface area contributed by atoms with Gasteiger partial charge in [-0.05, 0) is 35.2 Å². The number of halogens is 1. The van der Waals surface area contributed by atoms with Gasteiger partial charge in [0, 0.05) is 16.6 Å². The molecule has 0 radical (unpaired) electrons. The lowest BCUT2D eigenvalue weighted by Gasteiger charge is -2.35. The highest BCUT2D eigenvalue weighted by Gasteiger charge is 2.42. The molecule has 28 heavy (non-hydrogen) atoms. The lowest BCUT2D eigenvalue weighted by molar-refractivity contribution is -0.124. The summed E-state index contributed by atoms with van der Waals surface area (Å²) < 4.78 is 12.0. The number of nitrogens with one attached hydrogen (secondary N) is 2. The fraction of sp³-hybridized carbons (Fsp3) is 0.318. The van der Waals surface area contributed by atoms with Crippen molar-refractivity contribution in [1.82, 2.24) is 0 Å². The maximum absolute atomic E-state index is 13.3. The second-order valence-corrected chi connectivity index (χ2v) is 9.08. The predicted octanol–water partition coefficient (Wildman–Crippen LogP) is 5.26. The van der Waals surface area contributed by atoms with Crippen molar-refractivity contribution in [3.8, 4) is 11.5 Å². The third-order valence-electron chi connectivity index (χ3n) is 5.54. The van der Waals surface area contributed by atoms with E-state index in [4.69, 9.17) is 9.47 Å². The van der Waals surface area contributed by atoms with E-state index >= 15 is 0 Å². The van der Waals surface area contributed by atoms with Gasteiger partial charge in [-0.2, -0.15) is 0 Å². The zero-order chi connectivity index (χ0) is 19.5. The number of para-hydroxylation sites is 2. The third kappa shape index (κ3) is 2.87. The van der Waals surface area contributed by atoms with E-state index in [9.17, 15) is 4.79 Å². The Kier molecular flexibility index (Phi) is 3.95. The number of rotatable bonds is 1. The zero-order valence-corrected chi connectivity index (χ0v) is 17.3. The lowest BCUT2D eigenvalue weighted by atomic mass is 9.72. The Labute approximate surface area is 172 Å². The summed E-state index contributed by atoms with van der Waals surface area (Å²) in [5, 5.41) is 7.14. The molecular formula is C22H21BrN2O3. The zero-order valence-electron chi connectivity index (χ0n) is 15.7. The van der Waals surface area contributed by atoms with Crippen molar-refractivity contribution in [2.45, 2.75) is 26.3 Å². The molecule has 3 aliphatic rings. The fourth-order valence-electron chi connectivity index (χ4n) is 4.33. The van der Waals surface area contributed by atoms with Gasteiger partial charge in [0.25, 0.3) is 0 Å². The Morgan fingerprint density at radius 1 is 1.11 bits per heavy atom. The molecule has 2 atom stereocenters. The fourth-order valence-corrected chi connectivity index (χ4v) is 4.90.